The van der Waals surface area contributed by atoms with E-state index in [1.54, 1.807) is 6.08 Å². The monoisotopic (exact) mass is 373 g/mol. The predicted octanol–water partition coefficient (Wildman–Crippen LogP) is 4.69. The van der Waals surface area contributed by atoms with Crippen LogP contribution in [0.2, 0.25) is 0 Å². The topological polar surface area (TPSA) is 37.4 Å². The van der Waals surface area contributed by atoms with Gasteiger partial charge in [0, 0.05) is 4.47 Å². The van der Waals surface area contributed by atoms with E-state index in [1.807, 2.05) is 54.6 Å². The quantitative estimate of drug-likeness (QED) is 0.732. The van der Waals surface area contributed by atoms with Crippen molar-refractivity contribution in [3.63, 3.8) is 0 Å². The zero-order valence-electron chi connectivity index (χ0n) is 11.5. The highest BCUT2D eigenvalue weighted by Gasteiger charge is 2.34. The molecule has 1 heterocycles. The van der Waals surface area contributed by atoms with Crippen LogP contribution in [0.15, 0.2) is 64.0 Å². The molecule has 22 heavy (non-hydrogen) atoms. The minimum Gasteiger partial charge on any atom is -0.268 e. The summed E-state index contributed by atoms with van der Waals surface area (Å²) in [5.74, 6) is -0.237. The maximum atomic E-state index is 12.4. The fraction of sp³-hybridized carbons (Fsp3) is 0.0588. The average molecular weight is 374 g/mol. The zero-order chi connectivity index (χ0) is 15.5. The SMILES string of the molecule is O=C1S/C(=C/c2cccc(Br)c2)C(=O)N1Cc1ccccc1. The van der Waals surface area contributed by atoms with Gasteiger partial charge in [0.05, 0.1) is 11.4 Å². The molecule has 1 aliphatic rings. The van der Waals surface area contributed by atoms with Crippen molar-refractivity contribution in [2.75, 3.05) is 0 Å². The number of rotatable bonds is 3. The summed E-state index contributed by atoms with van der Waals surface area (Å²) >= 11 is 4.38. The molecule has 1 aliphatic heterocycles. The number of thioether (sulfide) groups is 1. The van der Waals surface area contributed by atoms with Crippen molar-refractivity contribution in [2.24, 2.45) is 0 Å². The second-order valence-electron chi connectivity index (χ2n) is 4.81. The van der Waals surface area contributed by atoms with Crippen LogP contribution in [0.4, 0.5) is 4.79 Å². The fourth-order valence-corrected chi connectivity index (χ4v) is 3.41. The van der Waals surface area contributed by atoms with Crippen LogP contribution in [0.3, 0.4) is 0 Å². The van der Waals surface area contributed by atoms with Crippen LogP contribution in [-0.4, -0.2) is 16.0 Å². The first-order valence-electron chi connectivity index (χ1n) is 6.68. The normalized spacial score (nSPS) is 16.6. The third-order valence-electron chi connectivity index (χ3n) is 3.20. The number of carbonyl (C=O) groups excluding carboxylic acids is 2. The van der Waals surface area contributed by atoms with Gasteiger partial charge in [0.15, 0.2) is 0 Å². The Morgan fingerprint density at radius 3 is 2.55 bits per heavy atom. The molecule has 0 bridgehead atoms. The molecule has 3 rings (SSSR count). The van der Waals surface area contributed by atoms with Gasteiger partial charge in [0.1, 0.15) is 0 Å². The molecule has 0 atom stereocenters. The lowest BCUT2D eigenvalue weighted by molar-refractivity contribution is -0.123. The molecule has 0 radical (unpaired) electrons. The Morgan fingerprint density at radius 2 is 1.82 bits per heavy atom. The molecule has 110 valence electrons. The van der Waals surface area contributed by atoms with Crippen molar-refractivity contribution in [3.05, 3.63) is 75.1 Å². The van der Waals surface area contributed by atoms with Crippen LogP contribution in [0.1, 0.15) is 11.1 Å². The molecule has 2 aromatic rings. The first kappa shape index (κ1) is 15.1. The van der Waals surface area contributed by atoms with Crippen LogP contribution in [-0.2, 0) is 11.3 Å². The highest BCUT2D eigenvalue weighted by molar-refractivity contribution is 9.10. The number of hydrogen-bond donors (Lipinski definition) is 0. The standard InChI is InChI=1S/C17H12BrNO2S/c18-14-8-4-7-13(9-14)10-15-16(20)19(17(21)22-15)11-12-5-2-1-3-6-12/h1-10H,11H2/b15-10+. The van der Waals surface area contributed by atoms with Gasteiger partial charge in [-0.1, -0.05) is 58.4 Å². The minimum absolute atomic E-state index is 0.227. The number of nitrogens with zero attached hydrogens (tertiary/aromatic N) is 1. The Labute approximate surface area is 141 Å². The molecule has 0 aliphatic carbocycles. The van der Waals surface area contributed by atoms with Crippen LogP contribution >= 0.6 is 27.7 Å². The maximum absolute atomic E-state index is 12.4. The molecular formula is C17H12BrNO2S. The summed E-state index contributed by atoms with van der Waals surface area (Å²) < 4.78 is 0.935. The minimum atomic E-state index is -0.237. The van der Waals surface area contributed by atoms with Crippen molar-refractivity contribution < 1.29 is 9.59 Å². The van der Waals surface area contributed by atoms with Gasteiger partial charge < -0.3 is 0 Å². The number of imide groups is 1. The van der Waals surface area contributed by atoms with Gasteiger partial charge in [-0.3, -0.25) is 14.5 Å². The van der Waals surface area contributed by atoms with Crippen LogP contribution in [0.25, 0.3) is 6.08 Å². The first-order chi connectivity index (χ1) is 10.6. The average Bonchev–Trinajstić information content (AvgIpc) is 2.76. The molecule has 0 spiro atoms. The van der Waals surface area contributed by atoms with Gasteiger partial charge >= 0.3 is 0 Å². The lowest BCUT2D eigenvalue weighted by atomic mass is 10.2. The van der Waals surface area contributed by atoms with E-state index in [2.05, 4.69) is 15.9 Å². The number of hydrogen-bond acceptors (Lipinski definition) is 3. The third kappa shape index (κ3) is 3.31. The highest BCUT2D eigenvalue weighted by atomic mass is 79.9. The number of amides is 2. The molecule has 3 nitrogen and oxygen atoms in total. The predicted molar refractivity (Wildman–Crippen MR) is 92.1 cm³/mol. The second kappa shape index (κ2) is 6.50. The molecule has 1 saturated heterocycles. The Bertz CT molecular complexity index is 758. The van der Waals surface area contributed by atoms with Gasteiger partial charge in [-0.05, 0) is 41.1 Å². The van der Waals surface area contributed by atoms with E-state index in [-0.39, 0.29) is 11.1 Å². The van der Waals surface area contributed by atoms with Crippen LogP contribution < -0.4 is 0 Å². The summed E-state index contributed by atoms with van der Waals surface area (Å²) in [7, 11) is 0. The van der Waals surface area contributed by atoms with Crippen molar-refractivity contribution in [1.29, 1.82) is 0 Å². The Kier molecular flexibility index (Phi) is 4.45. The van der Waals surface area contributed by atoms with E-state index in [0.717, 1.165) is 27.4 Å². The summed E-state index contributed by atoms with van der Waals surface area (Å²) in [4.78, 5) is 26.2. The van der Waals surface area contributed by atoms with Gasteiger partial charge in [0.2, 0.25) is 0 Å². The van der Waals surface area contributed by atoms with E-state index in [9.17, 15) is 9.59 Å². The molecule has 0 N–H and O–H groups in total. The molecular weight excluding hydrogens is 362 g/mol. The highest BCUT2D eigenvalue weighted by Crippen LogP contribution is 2.33. The van der Waals surface area contributed by atoms with E-state index in [4.69, 9.17) is 0 Å². The molecule has 0 aromatic heterocycles. The maximum Gasteiger partial charge on any atom is 0.293 e. The van der Waals surface area contributed by atoms with E-state index < -0.39 is 0 Å². The molecule has 1 fully saturated rings. The van der Waals surface area contributed by atoms with Gasteiger partial charge in [0.25, 0.3) is 11.1 Å². The number of carbonyl (C=O) groups is 2. The van der Waals surface area contributed by atoms with Crippen molar-refractivity contribution in [2.45, 2.75) is 6.54 Å². The van der Waals surface area contributed by atoms with Gasteiger partial charge in [-0.25, -0.2) is 0 Å². The largest absolute Gasteiger partial charge is 0.293 e. The van der Waals surface area contributed by atoms with Crippen molar-refractivity contribution in [3.8, 4) is 0 Å². The Hall–Kier alpha value is -1.85. The summed E-state index contributed by atoms with van der Waals surface area (Å²) in [6.07, 6.45) is 1.75. The van der Waals surface area contributed by atoms with Crippen LogP contribution in [0, 0.1) is 0 Å². The van der Waals surface area contributed by atoms with Gasteiger partial charge in [-0.15, -0.1) is 0 Å². The molecule has 5 heteroatoms. The molecule has 0 unspecified atom stereocenters. The second-order valence-corrected chi connectivity index (χ2v) is 6.72. The first-order valence-corrected chi connectivity index (χ1v) is 8.29. The lowest BCUT2D eigenvalue weighted by Crippen LogP contribution is -2.27. The Balaban J connectivity index is 1.82. The van der Waals surface area contributed by atoms with E-state index in [1.165, 1.54) is 4.90 Å². The summed E-state index contributed by atoms with van der Waals surface area (Å²) in [5.41, 5.74) is 1.83. The van der Waals surface area contributed by atoms with Crippen molar-refractivity contribution >= 4 is 44.9 Å². The molecule has 0 saturated carbocycles. The van der Waals surface area contributed by atoms with E-state index in [0.29, 0.717) is 11.4 Å². The summed E-state index contributed by atoms with van der Waals surface area (Å²) in [6.45, 7) is 0.307. The Morgan fingerprint density at radius 1 is 1.05 bits per heavy atom. The van der Waals surface area contributed by atoms with Crippen molar-refractivity contribution in [1.82, 2.24) is 4.90 Å². The van der Waals surface area contributed by atoms with Gasteiger partial charge in [-0.2, -0.15) is 0 Å². The van der Waals surface area contributed by atoms with Crippen LogP contribution in [0.5, 0.6) is 0 Å². The summed E-state index contributed by atoms with van der Waals surface area (Å²) in [5, 5.41) is -0.227. The fourth-order valence-electron chi connectivity index (χ4n) is 2.15. The lowest BCUT2D eigenvalue weighted by Gasteiger charge is -2.12. The third-order valence-corrected chi connectivity index (χ3v) is 4.60. The smallest absolute Gasteiger partial charge is 0.268 e. The van der Waals surface area contributed by atoms with E-state index >= 15 is 0 Å². The summed E-state index contributed by atoms with van der Waals surface area (Å²) in [6, 6.07) is 17.1. The number of halogens is 1. The number of benzene rings is 2. The molecule has 2 amide bonds. The molecule has 2 aromatic carbocycles. The zero-order valence-corrected chi connectivity index (χ0v) is 13.9.